The molecule has 0 spiro atoms. The molecule has 102 valence electrons. The lowest BCUT2D eigenvalue weighted by Gasteiger charge is -2.08. The number of hydrogen-bond acceptors (Lipinski definition) is 4. The van der Waals surface area contributed by atoms with Gasteiger partial charge in [0.1, 0.15) is 6.21 Å². The third-order valence-electron chi connectivity index (χ3n) is 2.48. The van der Waals surface area contributed by atoms with Gasteiger partial charge in [-0.1, -0.05) is 30.8 Å². The van der Waals surface area contributed by atoms with Gasteiger partial charge < -0.3 is 10.1 Å². The fourth-order valence-corrected chi connectivity index (χ4v) is 1.56. The van der Waals surface area contributed by atoms with Crippen molar-refractivity contribution < 1.29 is 10.0 Å². The monoisotopic (exact) mass is 264 g/mol. The molecule has 5 heteroatoms. The van der Waals surface area contributed by atoms with E-state index in [2.05, 4.69) is 24.2 Å². The van der Waals surface area contributed by atoms with Gasteiger partial charge in [0, 0.05) is 6.42 Å². The molecule has 17 heavy (non-hydrogen) atoms. The highest BCUT2D eigenvalue weighted by molar-refractivity contribution is 6.27. The number of oxime groups is 1. The highest BCUT2D eigenvalue weighted by atomic mass is 35.5. The second-order valence-electron chi connectivity index (χ2n) is 4.39. The summed E-state index contributed by atoms with van der Waals surface area (Å²) < 4.78 is 0. The fourth-order valence-electron chi connectivity index (χ4n) is 1.56. The molecule has 0 aromatic carbocycles. The van der Waals surface area contributed by atoms with Crippen molar-refractivity contribution in [2.45, 2.75) is 44.9 Å². The number of Topliss-reactive ketones (excluding diaryl/α,β-unsaturated/α-hetero) is 1. The molecule has 0 aromatic rings. The molecule has 0 heterocycles. The predicted molar refractivity (Wildman–Crippen MR) is 73.4 cm³/mol. The first-order valence-corrected chi connectivity index (χ1v) is 6.02. The Hall–Kier alpha value is -0.610. The molecule has 4 nitrogen and oxygen atoms in total. The van der Waals surface area contributed by atoms with E-state index in [-0.39, 0.29) is 18.2 Å². The number of unbranched alkanes of at least 4 members (excludes halogenated alkanes) is 5. The molecule has 0 unspecified atom stereocenters. The summed E-state index contributed by atoms with van der Waals surface area (Å²) >= 11 is 0. The third-order valence-corrected chi connectivity index (χ3v) is 2.48. The van der Waals surface area contributed by atoms with E-state index in [1.807, 2.05) is 0 Å². The van der Waals surface area contributed by atoms with Crippen LogP contribution in [0.4, 0.5) is 0 Å². The van der Waals surface area contributed by atoms with Gasteiger partial charge in [-0.05, 0) is 33.5 Å². The molecular formula is C12H25ClN2O2. The third kappa shape index (κ3) is 15.4. The van der Waals surface area contributed by atoms with Gasteiger partial charge in [0.25, 0.3) is 0 Å². The number of carbonyl (C=O) groups excluding carboxylic acids is 1. The highest BCUT2D eigenvalue weighted by Crippen LogP contribution is 2.07. The van der Waals surface area contributed by atoms with Gasteiger partial charge in [-0.15, -0.1) is 12.4 Å². The van der Waals surface area contributed by atoms with E-state index in [1.54, 1.807) is 0 Å². The molecule has 0 aromatic heterocycles. The van der Waals surface area contributed by atoms with Crippen molar-refractivity contribution in [1.29, 1.82) is 0 Å². The van der Waals surface area contributed by atoms with Crippen LogP contribution in [0.15, 0.2) is 5.16 Å². The largest absolute Gasteiger partial charge is 0.411 e. The van der Waals surface area contributed by atoms with Gasteiger partial charge in [-0.25, -0.2) is 0 Å². The van der Waals surface area contributed by atoms with Crippen LogP contribution in [0, 0.1) is 0 Å². The first-order chi connectivity index (χ1) is 7.66. The molecule has 0 fully saturated rings. The lowest BCUT2D eigenvalue weighted by molar-refractivity contribution is -0.112. The summed E-state index contributed by atoms with van der Waals surface area (Å²) in [6.07, 6.45) is 8.44. The Morgan fingerprint density at radius 2 is 1.65 bits per heavy atom. The SMILES string of the molecule is CN(C)CCCCCCCCC(=O)/C=N/O.Cl. The van der Waals surface area contributed by atoms with E-state index in [0.29, 0.717) is 6.42 Å². The molecule has 0 rings (SSSR count). The van der Waals surface area contributed by atoms with Gasteiger partial charge in [0.15, 0.2) is 5.78 Å². The van der Waals surface area contributed by atoms with Crippen LogP contribution in [0.2, 0.25) is 0 Å². The van der Waals surface area contributed by atoms with Gasteiger partial charge in [-0.3, -0.25) is 4.79 Å². The van der Waals surface area contributed by atoms with E-state index in [1.165, 1.54) is 25.7 Å². The van der Waals surface area contributed by atoms with Gasteiger partial charge in [-0.2, -0.15) is 0 Å². The second kappa shape index (κ2) is 13.5. The smallest absolute Gasteiger partial charge is 0.177 e. The summed E-state index contributed by atoms with van der Waals surface area (Å²) in [6, 6.07) is 0. The second-order valence-corrected chi connectivity index (χ2v) is 4.39. The van der Waals surface area contributed by atoms with E-state index >= 15 is 0 Å². The molecule has 0 bridgehead atoms. The number of rotatable bonds is 10. The lowest BCUT2D eigenvalue weighted by atomic mass is 10.1. The standard InChI is InChI=1S/C12H24N2O2.ClH/c1-14(2)10-8-6-4-3-5-7-9-12(15)11-13-16;/h11,16H,3-10H2,1-2H3;1H/b13-11+;. The zero-order valence-electron chi connectivity index (χ0n) is 10.9. The summed E-state index contributed by atoms with van der Waals surface area (Å²) in [5.41, 5.74) is 0. The Morgan fingerprint density at radius 1 is 1.12 bits per heavy atom. The summed E-state index contributed by atoms with van der Waals surface area (Å²) in [5, 5.41) is 10.8. The zero-order chi connectivity index (χ0) is 12.2. The topological polar surface area (TPSA) is 52.9 Å². The molecule has 0 aliphatic rings. The Morgan fingerprint density at radius 3 is 2.18 bits per heavy atom. The minimum atomic E-state index is -0.0879. The first-order valence-electron chi connectivity index (χ1n) is 6.02. The van der Waals surface area contributed by atoms with E-state index in [4.69, 9.17) is 5.21 Å². The Balaban J connectivity index is 0. The Labute approximate surface area is 110 Å². The molecule has 0 radical (unpaired) electrons. The van der Waals surface area contributed by atoms with Crippen molar-refractivity contribution in [3.8, 4) is 0 Å². The normalized spacial score (nSPS) is 10.8. The maximum atomic E-state index is 10.9. The zero-order valence-corrected chi connectivity index (χ0v) is 11.7. The average Bonchev–Trinajstić information content (AvgIpc) is 2.22. The van der Waals surface area contributed by atoms with Crippen molar-refractivity contribution in [3.63, 3.8) is 0 Å². The van der Waals surface area contributed by atoms with Crippen LogP contribution in [-0.4, -0.2) is 42.7 Å². The minimum absolute atomic E-state index is 0. The van der Waals surface area contributed by atoms with Crippen LogP contribution in [0.25, 0.3) is 0 Å². The Kier molecular flexibility index (Phi) is 14.8. The fraction of sp³-hybridized carbons (Fsp3) is 0.833. The molecule has 1 N–H and O–H groups in total. The number of ketones is 1. The van der Waals surface area contributed by atoms with E-state index < -0.39 is 0 Å². The van der Waals surface area contributed by atoms with Gasteiger partial charge >= 0.3 is 0 Å². The highest BCUT2D eigenvalue weighted by Gasteiger charge is 1.98. The molecule has 0 atom stereocenters. The Bertz CT molecular complexity index is 209. The predicted octanol–water partition coefficient (Wildman–Crippen LogP) is 2.73. The number of halogens is 1. The quantitative estimate of drug-likeness (QED) is 0.286. The first kappa shape index (κ1) is 18.7. The average molecular weight is 265 g/mol. The van der Waals surface area contributed by atoms with Crippen LogP contribution in [0.3, 0.4) is 0 Å². The molecular weight excluding hydrogens is 240 g/mol. The maximum absolute atomic E-state index is 10.9. The van der Waals surface area contributed by atoms with Crippen LogP contribution in [0.5, 0.6) is 0 Å². The maximum Gasteiger partial charge on any atom is 0.177 e. The van der Waals surface area contributed by atoms with Crippen molar-refractivity contribution >= 4 is 24.4 Å². The van der Waals surface area contributed by atoms with Crippen molar-refractivity contribution in [3.05, 3.63) is 0 Å². The van der Waals surface area contributed by atoms with E-state index in [0.717, 1.165) is 25.6 Å². The molecule has 0 aliphatic carbocycles. The molecule has 0 amide bonds. The molecule has 0 aliphatic heterocycles. The van der Waals surface area contributed by atoms with E-state index in [9.17, 15) is 4.79 Å². The summed E-state index contributed by atoms with van der Waals surface area (Å²) in [5.74, 6) is -0.0879. The summed E-state index contributed by atoms with van der Waals surface area (Å²) in [7, 11) is 4.18. The van der Waals surface area contributed by atoms with Crippen LogP contribution in [-0.2, 0) is 4.79 Å². The minimum Gasteiger partial charge on any atom is -0.411 e. The van der Waals surface area contributed by atoms with Crippen molar-refractivity contribution in [2.24, 2.45) is 5.16 Å². The van der Waals surface area contributed by atoms with Gasteiger partial charge in [0.05, 0.1) is 0 Å². The van der Waals surface area contributed by atoms with Crippen LogP contribution >= 0.6 is 12.4 Å². The number of carbonyl (C=O) groups is 1. The van der Waals surface area contributed by atoms with Crippen LogP contribution in [0.1, 0.15) is 44.9 Å². The van der Waals surface area contributed by atoms with Crippen LogP contribution < -0.4 is 0 Å². The lowest BCUT2D eigenvalue weighted by Crippen LogP contribution is -2.12. The summed E-state index contributed by atoms with van der Waals surface area (Å²) in [4.78, 5) is 13.1. The summed E-state index contributed by atoms with van der Waals surface area (Å²) in [6.45, 7) is 1.16. The molecule has 0 saturated heterocycles. The van der Waals surface area contributed by atoms with Crippen molar-refractivity contribution in [2.75, 3.05) is 20.6 Å². The van der Waals surface area contributed by atoms with Crippen molar-refractivity contribution in [1.82, 2.24) is 4.90 Å². The number of hydrogen-bond donors (Lipinski definition) is 1. The molecule has 0 saturated carbocycles. The van der Waals surface area contributed by atoms with Gasteiger partial charge in [0.2, 0.25) is 0 Å². The number of nitrogens with zero attached hydrogens (tertiary/aromatic N) is 2.